The Bertz CT molecular complexity index is 414. The van der Waals surface area contributed by atoms with Gasteiger partial charge in [0.1, 0.15) is 10.9 Å². The van der Waals surface area contributed by atoms with E-state index in [4.69, 9.17) is 11.0 Å². The van der Waals surface area contributed by atoms with Crippen LogP contribution in [0, 0.1) is 11.3 Å². The molecule has 0 saturated heterocycles. The molecule has 1 aliphatic heterocycles. The van der Waals surface area contributed by atoms with Gasteiger partial charge in [0.25, 0.3) is 0 Å². The molecule has 0 saturated carbocycles. The first-order valence-electron chi connectivity index (χ1n) is 5.17. The minimum atomic E-state index is 0.562. The third-order valence-corrected chi connectivity index (χ3v) is 4.10. The highest BCUT2D eigenvalue weighted by Gasteiger charge is 2.23. The van der Waals surface area contributed by atoms with E-state index in [1.807, 2.05) is 0 Å². The van der Waals surface area contributed by atoms with Gasteiger partial charge >= 0.3 is 0 Å². The minimum Gasteiger partial charge on any atom is -0.397 e. The Morgan fingerprint density at radius 2 is 2.27 bits per heavy atom. The number of thiophene rings is 1. The standard InChI is InChI=1S/C11H15N3S/c1-7(2)14-4-3-8-10(6-14)15-9(5-12)11(8)13/h7H,3-4,6,13H2,1-2H3. The summed E-state index contributed by atoms with van der Waals surface area (Å²) in [5.41, 5.74) is 7.86. The van der Waals surface area contributed by atoms with Gasteiger partial charge in [-0.15, -0.1) is 11.3 Å². The molecule has 0 atom stereocenters. The molecule has 2 N–H and O–H groups in total. The van der Waals surface area contributed by atoms with Crippen molar-refractivity contribution in [2.45, 2.75) is 32.9 Å². The monoisotopic (exact) mass is 221 g/mol. The third kappa shape index (κ3) is 1.73. The van der Waals surface area contributed by atoms with Gasteiger partial charge in [-0.1, -0.05) is 0 Å². The molecular formula is C11H15N3S. The Labute approximate surface area is 94.1 Å². The van der Waals surface area contributed by atoms with Crippen LogP contribution in [0.2, 0.25) is 0 Å². The second-order valence-electron chi connectivity index (χ2n) is 4.17. The zero-order chi connectivity index (χ0) is 11.0. The number of nitrogens with zero attached hydrogens (tertiary/aromatic N) is 2. The summed E-state index contributed by atoms with van der Waals surface area (Å²) in [6.45, 7) is 6.40. The number of hydrogen-bond acceptors (Lipinski definition) is 4. The maximum absolute atomic E-state index is 8.91. The molecule has 4 heteroatoms. The second-order valence-corrected chi connectivity index (χ2v) is 5.28. The van der Waals surface area contributed by atoms with Gasteiger partial charge in [0.2, 0.25) is 0 Å². The fraction of sp³-hybridized carbons (Fsp3) is 0.545. The van der Waals surface area contributed by atoms with Crippen molar-refractivity contribution >= 4 is 17.0 Å². The van der Waals surface area contributed by atoms with Crippen molar-refractivity contribution in [2.24, 2.45) is 0 Å². The fourth-order valence-corrected chi connectivity index (χ4v) is 3.06. The summed E-state index contributed by atoms with van der Waals surface area (Å²) >= 11 is 1.56. The van der Waals surface area contributed by atoms with E-state index in [1.165, 1.54) is 10.4 Å². The van der Waals surface area contributed by atoms with Gasteiger partial charge in [0.15, 0.2) is 0 Å². The van der Waals surface area contributed by atoms with Gasteiger partial charge in [-0.3, -0.25) is 4.90 Å². The van der Waals surface area contributed by atoms with E-state index in [1.54, 1.807) is 11.3 Å². The van der Waals surface area contributed by atoms with E-state index in [2.05, 4.69) is 24.8 Å². The Kier molecular flexibility index (Phi) is 2.68. The number of fused-ring (bicyclic) bond motifs is 1. The topological polar surface area (TPSA) is 53.0 Å². The highest BCUT2D eigenvalue weighted by atomic mass is 32.1. The molecule has 3 nitrogen and oxygen atoms in total. The van der Waals surface area contributed by atoms with Crippen molar-refractivity contribution in [3.05, 3.63) is 15.3 Å². The first-order chi connectivity index (χ1) is 7.13. The Morgan fingerprint density at radius 1 is 1.53 bits per heavy atom. The largest absolute Gasteiger partial charge is 0.397 e. The van der Waals surface area contributed by atoms with Gasteiger partial charge in [0.05, 0.1) is 5.69 Å². The van der Waals surface area contributed by atoms with E-state index in [0.717, 1.165) is 25.2 Å². The van der Waals surface area contributed by atoms with Crippen LogP contribution in [-0.4, -0.2) is 17.5 Å². The van der Waals surface area contributed by atoms with Crippen molar-refractivity contribution in [3.63, 3.8) is 0 Å². The van der Waals surface area contributed by atoms with Crippen molar-refractivity contribution in [2.75, 3.05) is 12.3 Å². The lowest BCUT2D eigenvalue weighted by atomic mass is 10.1. The Balaban J connectivity index is 2.32. The van der Waals surface area contributed by atoms with Crippen molar-refractivity contribution < 1.29 is 0 Å². The van der Waals surface area contributed by atoms with Crippen LogP contribution in [0.1, 0.15) is 29.2 Å². The minimum absolute atomic E-state index is 0.562. The fourth-order valence-electron chi connectivity index (χ4n) is 1.97. The van der Waals surface area contributed by atoms with E-state index in [0.29, 0.717) is 10.9 Å². The van der Waals surface area contributed by atoms with Crippen LogP contribution < -0.4 is 5.73 Å². The van der Waals surface area contributed by atoms with Crippen LogP contribution in [0.25, 0.3) is 0 Å². The third-order valence-electron chi connectivity index (χ3n) is 2.96. The number of nitrogen functional groups attached to an aromatic ring is 1. The zero-order valence-electron chi connectivity index (χ0n) is 9.08. The zero-order valence-corrected chi connectivity index (χ0v) is 9.90. The van der Waals surface area contributed by atoms with Crippen LogP contribution in [0.3, 0.4) is 0 Å². The molecule has 0 aromatic carbocycles. The summed E-state index contributed by atoms with van der Waals surface area (Å²) in [6, 6.07) is 2.73. The lowest BCUT2D eigenvalue weighted by Gasteiger charge is -2.30. The molecule has 2 rings (SSSR count). The maximum atomic E-state index is 8.91. The number of nitriles is 1. The van der Waals surface area contributed by atoms with Gasteiger partial charge in [0, 0.05) is 24.0 Å². The molecule has 1 aliphatic rings. The molecule has 80 valence electrons. The van der Waals surface area contributed by atoms with Gasteiger partial charge < -0.3 is 5.73 Å². The van der Waals surface area contributed by atoms with Crippen LogP contribution in [0.4, 0.5) is 5.69 Å². The molecule has 0 aliphatic carbocycles. The molecule has 0 fully saturated rings. The van der Waals surface area contributed by atoms with Crippen molar-refractivity contribution in [1.82, 2.24) is 4.90 Å². The van der Waals surface area contributed by atoms with Crippen LogP contribution in [0.15, 0.2) is 0 Å². The van der Waals surface area contributed by atoms with Crippen LogP contribution >= 0.6 is 11.3 Å². The van der Waals surface area contributed by atoms with Crippen molar-refractivity contribution in [1.29, 1.82) is 5.26 Å². The van der Waals surface area contributed by atoms with Gasteiger partial charge in [-0.2, -0.15) is 5.26 Å². The highest BCUT2D eigenvalue weighted by molar-refractivity contribution is 7.13. The molecule has 15 heavy (non-hydrogen) atoms. The van der Waals surface area contributed by atoms with Gasteiger partial charge in [-0.25, -0.2) is 0 Å². The molecule has 0 bridgehead atoms. The summed E-state index contributed by atoms with van der Waals surface area (Å²) in [5, 5.41) is 8.91. The van der Waals surface area contributed by atoms with Gasteiger partial charge in [-0.05, 0) is 25.8 Å². The quantitative estimate of drug-likeness (QED) is 0.788. The molecule has 1 aromatic rings. The normalized spacial score (nSPS) is 16.4. The summed E-state index contributed by atoms with van der Waals surface area (Å²) in [7, 11) is 0. The van der Waals surface area contributed by atoms with E-state index in [9.17, 15) is 0 Å². The molecule has 0 radical (unpaired) electrons. The smallest absolute Gasteiger partial charge is 0.128 e. The molecule has 0 amide bonds. The average Bonchev–Trinajstić information content (AvgIpc) is 2.55. The number of nitrogens with two attached hydrogens (primary N) is 1. The predicted molar refractivity (Wildman–Crippen MR) is 62.7 cm³/mol. The van der Waals surface area contributed by atoms with E-state index < -0.39 is 0 Å². The first-order valence-corrected chi connectivity index (χ1v) is 5.99. The van der Waals surface area contributed by atoms with E-state index >= 15 is 0 Å². The molecule has 2 heterocycles. The number of hydrogen-bond donors (Lipinski definition) is 1. The molecule has 1 aromatic heterocycles. The Hall–Kier alpha value is -1.05. The van der Waals surface area contributed by atoms with Crippen molar-refractivity contribution in [3.8, 4) is 6.07 Å². The Morgan fingerprint density at radius 3 is 2.87 bits per heavy atom. The first kappa shape index (κ1) is 10.5. The number of anilines is 1. The molecule has 0 spiro atoms. The lowest BCUT2D eigenvalue weighted by Crippen LogP contribution is -2.35. The highest BCUT2D eigenvalue weighted by Crippen LogP contribution is 2.34. The number of rotatable bonds is 1. The summed E-state index contributed by atoms with van der Waals surface area (Å²) in [6.07, 6.45) is 0.984. The summed E-state index contributed by atoms with van der Waals surface area (Å²) in [5.74, 6) is 0. The van der Waals surface area contributed by atoms with E-state index in [-0.39, 0.29) is 0 Å². The summed E-state index contributed by atoms with van der Waals surface area (Å²) in [4.78, 5) is 4.38. The second kappa shape index (κ2) is 3.84. The van der Waals surface area contributed by atoms with Crippen LogP contribution in [-0.2, 0) is 13.0 Å². The maximum Gasteiger partial charge on any atom is 0.128 e. The average molecular weight is 221 g/mol. The molecule has 0 unspecified atom stereocenters. The predicted octanol–water partition coefficient (Wildman–Crippen LogP) is 1.97. The SMILES string of the molecule is CC(C)N1CCc2c(sc(C#N)c2N)C1. The summed E-state index contributed by atoms with van der Waals surface area (Å²) < 4.78 is 0. The van der Waals surface area contributed by atoms with Crippen LogP contribution in [0.5, 0.6) is 0 Å². The lowest BCUT2D eigenvalue weighted by molar-refractivity contribution is 0.206. The molecular weight excluding hydrogens is 206 g/mol.